The lowest BCUT2D eigenvalue weighted by atomic mass is 10.1. The number of methoxy groups -OCH3 is 1. The molecule has 6 heteroatoms. The third-order valence-corrected chi connectivity index (χ3v) is 5.22. The fourth-order valence-corrected chi connectivity index (χ4v) is 3.76. The van der Waals surface area contributed by atoms with Gasteiger partial charge >= 0.3 is 0 Å². The zero-order valence-electron chi connectivity index (χ0n) is 14.3. The number of rotatable bonds is 3. The Hall–Kier alpha value is -2.60. The quantitative estimate of drug-likeness (QED) is 0.716. The Kier molecular flexibility index (Phi) is 4.05. The van der Waals surface area contributed by atoms with E-state index in [0.717, 1.165) is 33.6 Å². The van der Waals surface area contributed by atoms with Gasteiger partial charge in [0.15, 0.2) is 5.82 Å². The van der Waals surface area contributed by atoms with Crippen LogP contribution in [-0.2, 0) is 0 Å². The van der Waals surface area contributed by atoms with Crippen molar-refractivity contribution in [2.45, 2.75) is 24.3 Å². The van der Waals surface area contributed by atoms with Crippen LogP contribution in [0.25, 0.3) is 11.4 Å². The lowest BCUT2D eigenvalue weighted by molar-refractivity contribution is 0.414. The number of nitrogens with zero attached hydrogens (tertiary/aromatic N) is 4. The molecule has 2 aromatic carbocycles. The van der Waals surface area contributed by atoms with Crippen LogP contribution >= 0.6 is 11.8 Å². The molecule has 0 bridgehead atoms. The minimum Gasteiger partial charge on any atom is -0.496 e. The first-order valence-electron chi connectivity index (χ1n) is 8.08. The van der Waals surface area contributed by atoms with Gasteiger partial charge in [0.1, 0.15) is 5.75 Å². The van der Waals surface area contributed by atoms with E-state index < -0.39 is 0 Å². The van der Waals surface area contributed by atoms with Gasteiger partial charge < -0.3 is 4.74 Å². The number of aryl methyl sites for hydroxylation is 1. The predicted molar refractivity (Wildman–Crippen MR) is 100 cm³/mol. The molecule has 1 aliphatic rings. The molecule has 5 nitrogen and oxygen atoms in total. The Balaban J connectivity index is 1.84. The van der Waals surface area contributed by atoms with Crippen LogP contribution in [0, 0.1) is 6.92 Å². The van der Waals surface area contributed by atoms with Gasteiger partial charge in [0.25, 0.3) is 0 Å². The minimum absolute atomic E-state index is 0.166. The van der Waals surface area contributed by atoms with Crippen LogP contribution in [-0.4, -0.2) is 32.9 Å². The fraction of sp³-hybridized carbons (Fsp3) is 0.211. The van der Waals surface area contributed by atoms with Gasteiger partial charge in [-0.25, -0.2) is 0 Å². The van der Waals surface area contributed by atoms with E-state index in [9.17, 15) is 0 Å². The van der Waals surface area contributed by atoms with Crippen molar-refractivity contribution in [1.29, 1.82) is 0 Å². The molecule has 0 amide bonds. The first-order chi connectivity index (χ1) is 12.2. The Bertz CT molecular complexity index is 946. The Morgan fingerprint density at radius 2 is 1.80 bits per heavy atom. The summed E-state index contributed by atoms with van der Waals surface area (Å²) < 4.78 is 7.34. The summed E-state index contributed by atoms with van der Waals surface area (Å²) in [7, 11) is 1.68. The first kappa shape index (κ1) is 15.9. The monoisotopic (exact) mass is 350 g/mol. The van der Waals surface area contributed by atoms with E-state index in [0.29, 0.717) is 0 Å². The lowest BCUT2D eigenvalue weighted by Gasteiger charge is -2.21. The highest BCUT2D eigenvalue weighted by molar-refractivity contribution is 8.00. The summed E-state index contributed by atoms with van der Waals surface area (Å²) in [6, 6.07) is 16.2. The third-order valence-electron chi connectivity index (χ3n) is 4.18. The minimum atomic E-state index is 0.166. The van der Waals surface area contributed by atoms with E-state index in [1.165, 1.54) is 5.56 Å². The van der Waals surface area contributed by atoms with Gasteiger partial charge in [0.2, 0.25) is 5.16 Å². The summed E-state index contributed by atoms with van der Waals surface area (Å²) in [6.45, 7) is 4.19. The third kappa shape index (κ3) is 2.82. The highest BCUT2D eigenvalue weighted by Gasteiger charge is 2.27. The molecular weight excluding hydrogens is 332 g/mol. The maximum Gasteiger partial charge on any atom is 0.213 e. The molecule has 0 radical (unpaired) electrons. The van der Waals surface area contributed by atoms with Crippen molar-refractivity contribution in [3.8, 4) is 17.1 Å². The van der Waals surface area contributed by atoms with Crippen LogP contribution in [0.15, 0.2) is 58.8 Å². The molecule has 0 aliphatic carbocycles. The zero-order valence-corrected chi connectivity index (χ0v) is 15.1. The summed E-state index contributed by atoms with van der Waals surface area (Å²) in [6.07, 6.45) is 0. The lowest BCUT2D eigenvalue weighted by Crippen LogP contribution is -2.22. The molecule has 1 aliphatic heterocycles. The van der Waals surface area contributed by atoms with Crippen molar-refractivity contribution in [2.24, 2.45) is 5.10 Å². The van der Waals surface area contributed by atoms with Crippen LogP contribution < -0.4 is 4.74 Å². The maximum absolute atomic E-state index is 5.51. The van der Waals surface area contributed by atoms with Gasteiger partial charge in [-0.1, -0.05) is 53.7 Å². The average molecular weight is 350 g/mol. The van der Waals surface area contributed by atoms with E-state index in [1.807, 2.05) is 41.1 Å². The number of thioether (sulfide) groups is 1. The van der Waals surface area contributed by atoms with E-state index in [2.05, 4.69) is 36.2 Å². The summed E-state index contributed by atoms with van der Waals surface area (Å²) in [5.74, 6) is 1.57. The number of hydrogen-bond donors (Lipinski definition) is 0. The van der Waals surface area contributed by atoms with E-state index >= 15 is 0 Å². The van der Waals surface area contributed by atoms with Gasteiger partial charge in [-0.2, -0.15) is 9.78 Å². The van der Waals surface area contributed by atoms with E-state index in [-0.39, 0.29) is 5.25 Å². The molecule has 126 valence electrons. The topological polar surface area (TPSA) is 52.3 Å². The molecule has 0 spiro atoms. The summed E-state index contributed by atoms with van der Waals surface area (Å²) in [4.78, 5) is 0. The number of aromatic nitrogens is 3. The first-order valence-corrected chi connectivity index (χ1v) is 8.96. The van der Waals surface area contributed by atoms with Crippen molar-refractivity contribution >= 4 is 17.5 Å². The molecule has 1 aromatic heterocycles. The SMILES string of the molecule is COc1ccccc1C1=Nn2c(nnc2-c2ccc(C)cc2)S[C@@H]1C. The molecule has 0 N–H and O–H groups in total. The van der Waals surface area contributed by atoms with Crippen LogP contribution in [0.3, 0.4) is 0 Å². The van der Waals surface area contributed by atoms with Crippen LogP contribution in [0.4, 0.5) is 0 Å². The fourth-order valence-electron chi connectivity index (χ4n) is 2.84. The molecule has 3 aromatic rings. The molecule has 2 heterocycles. The number of fused-ring (bicyclic) bond motifs is 1. The van der Waals surface area contributed by atoms with Crippen LogP contribution in [0.2, 0.25) is 0 Å². The van der Waals surface area contributed by atoms with Crippen molar-refractivity contribution in [3.63, 3.8) is 0 Å². The molecule has 1 atom stereocenters. The Labute approximate surface area is 150 Å². The molecule has 0 saturated carbocycles. The molecule has 25 heavy (non-hydrogen) atoms. The smallest absolute Gasteiger partial charge is 0.213 e. The van der Waals surface area contributed by atoms with Gasteiger partial charge in [0, 0.05) is 11.1 Å². The van der Waals surface area contributed by atoms with Crippen molar-refractivity contribution in [2.75, 3.05) is 7.11 Å². The molecule has 0 saturated heterocycles. The molecule has 4 rings (SSSR count). The van der Waals surface area contributed by atoms with Gasteiger partial charge in [-0.3, -0.25) is 0 Å². The van der Waals surface area contributed by atoms with Crippen LogP contribution in [0.1, 0.15) is 18.1 Å². The van der Waals surface area contributed by atoms with Gasteiger partial charge in [0.05, 0.1) is 18.1 Å². The summed E-state index contributed by atoms with van der Waals surface area (Å²) in [5.41, 5.74) is 4.17. The maximum atomic E-state index is 5.51. The highest BCUT2D eigenvalue weighted by atomic mass is 32.2. The second-order valence-corrected chi connectivity index (χ2v) is 7.24. The molecule has 0 unspecified atom stereocenters. The largest absolute Gasteiger partial charge is 0.496 e. The van der Waals surface area contributed by atoms with E-state index in [4.69, 9.17) is 9.84 Å². The van der Waals surface area contributed by atoms with Crippen LogP contribution in [0.5, 0.6) is 5.75 Å². The van der Waals surface area contributed by atoms with Crippen molar-refractivity contribution in [3.05, 3.63) is 59.7 Å². The second kappa shape index (κ2) is 6.37. The average Bonchev–Trinajstić information content (AvgIpc) is 3.04. The second-order valence-electron chi connectivity index (χ2n) is 5.93. The standard InChI is InChI=1S/C19H18N4OS/c1-12-8-10-14(11-9-12)18-20-21-19-23(18)22-17(13(2)25-19)15-6-4-5-7-16(15)24-3/h4-11,13H,1-3H3/t13-/m1/s1. The number of hydrogen-bond acceptors (Lipinski definition) is 5. The molecule has 0 fully saturated rings. The summed E-state index contributed by atoms with van der Waals surface area (Å²) in [5, 5.41) is 14.5. The van der Waals surface area contributed by atoms with E-state index in [1.54, 1.807) is 18.9 Å². The van der Waals surface area contributed by atoms with Crippen molar-refractivity contribution in [1.82, 2.24) is 14.9 Å². The number of ether oxygens (including phenoxy) is 1. The Morgan fingerprint density at radius 1 is 1.04 bits per heavy atom. The summed E-state index contributed by atoms with van der Waals surface area (Å²) >= 11 is 1.66. The highest BCUT2D eigenvalue weighted by Crippen LogP contribution is 2.34. The zero-order chi connectivity index (χ0) is 17.4. The molecular formula is C19H18N4OS. The number of para-hydroxylation sites is 1. The van der Waals surface area contributed by atoms with Gasteiger partial charge in [-0.15, -0.1) is 10.2 Å². The van der Waals surface area contributed by atoms with Gasteiger partial charge in [-0.05, 0) is 26.0 Å². The Morgan fingerprint density at radius 3 is 2.56 bits per heavy atom. The number of benzene rings is 2. The normalized spacial score (nSPS) is 16.3. The predicted octanol–water partition coefficient (Wildman–Crippen LogP) is 4.01. The van der Waals surface area contributed by atoms with Crippen molar-refractivity contribution < 1.29 is 4.74 Å².